The van der Waals surface area contributed by atoms with Gasteiger partial charge in [0.15, 0.2) is 9.75 Å². The van der Waals surface area contributed by atoms with Gasteiger partial charge in [-0.15, -0.1) is 23.2 Å². The Bertz CT molecular complexity index is 2060. The first-order valence-electron chi connectivity index (χ1n) is 15.1. The van der Waals surface area contributed by atoms with Crippen molar-refractivity contribution in [2.24, 2.45) is 17.8 Å². The van der Waals surface area contributed by atoms with E-state index in [1.54, 1.807) is 0 Å². The fourth-order valence-corrected chi connectivity index (χ4v) is 9.13. The maximum Gasteiger partial charge on any atom is 0.416 e. The van der Waals surface area contributed by atoms with Crippen LogP contribution >= 0.6 is 39.1 Å². The molecule has 6 unspecified atom stereocenters. The second kappa shape index (κ2) is 11.5. The summed E-state index contributed by atoms with van der Waals surface area (Å²) in [6.07, 6.45) is -9.92. The Balaban J connectivity index is 1.39. The van der Waals surface area contributed by atoms with Gasteiger partial charge >= 0.3 is 12.4 Å². The van der Waals surface area contributed by atoms with Crippen molar-refractivity contribution in [2.45, 2.75) is 40.9 Å². The van der Waals surface area contributed by atoms with E-state index in [0.717, 1.165) is 24.3 Å². The van der Waals surface area contributed by atoms with Crippen molar-refractivity contribution in [3.05, 3.63) is 99.3 Å². The van der Waals surface area contributed by atoms with Crippen LogP contribution in [-0.2, 0) is 31.5 Å². The molecule has 0 bridgehead atoms. The lowest BCUT2D eigenvalue weighted by molar-refractivity contribution is -0.143. The number of imide groups is 2. The van der Waals surface area contributed by atoms with Gasteiger partial charge in [0, 0.05) is 16.0 Å². The average molecular weight is 820 g/mol. The van der Waals surface area contributed by atoms with Gasteiger partial charge in [0.1, 0.15) is 11.6 Å². The summed E-state index contributed by atoms with van der Waals surface area (Å²) in [6, 6.07) is 8.79. The number of aromatic hydroxyl groups is 1. The molecule has 3 fully saturated rings. The van der Waals surface area contributed by atoms with E-state index >= 15 is 0 Å². The molecule has 3 aromatic carbocycles. The summed E-state index contributed by atoms with van der Waals surface area (Å²) in [5.41, 5.74) is -4.36. The smallest absolute Gasteiger partial charge is 0.416 e. The third kappa shape index (κ3) is 5.12. The van der Waals surface area contributed by atoms with Crippen LogP contribution in [0.25, 0.3) is 0 Å². The lowest BCUT2D eigenvalue weighted by Gasteiger charge is -2.50. The van der Waals surface area contributed by atoms with Gasteiger partial charge in [-0.25, -0.2) is 14.2 Å². The second-order valence-electron chi connectivity index (χ2n) is 12.7. The Morgan fingerprint density at radius 3 is 1.96 bits per heavy atom. The molecule has 2 heterocycles. The molecule has 17 heteroatoms. The van der Waals surface area contributed by atoms with E-state index in [2.05, 4.69) is 15.9 Å². The molecular formula is C34H20BrCl2F7N2O5. The number of alkyl halides is 8. The zero-order valence-electron chi connectivity index (χ0n) is 25.3. The third-order valence-corrected chi connectivity index (χ3v) is 11.9. The van der Waals surface area contributed by atoms with E-state index in [1.807, 2.05) is 0 Å². The number of hydrogen-bond acceptors (Lipinski definition) is 5. The predicted octanol–water partition coefficient (Wildman–Crippen LogP) is 8.10. The summed E-state index contributed by atoms with van der Waals surface area (Å²) < 4.78 is 96.7. The van der Waals surface area contributed by atoms with Crippen LogP contribution in [0.1, 0.15) is 35.4 Å². The van der Waals surface area contributed by atoms with Crippen molar-refractivity contribution >= 4 is 74.1 Å². The summed E-state index contributed by atoms with van der Waals surface area (Å²) in [6.45, 7) is 0. The van der Waals surface area contributed by atoms with E-state index < -0.39 is 104 Å². The molecule has 1 saturated carbocycles. The SMILES string of the molecule is O=C1C2CC=C3C(CC4(Cl)C(=O)N(c5ccc(F)cc5)C(=O)C4(Cl)C3c3cc(Br)ccc3O)C2C(=O)N1c1cc(C(F)(F)F)cc(C(F)(F)F)c1. The zero-order chi connectivity index (χ0) is 37.2. The Morgan fingerprint density at radius 2 is 1.37 bits per heavy atom. The van der Waals surface area contributed by atoms with E-state index in [4.69, 9.17) is 23.2 Å². The van der Waals surface area contributed by atoms with Gasteiger partial charge in [0.25, 0.3) is 11.8 Å². The van der Waals surface area contributed by atoms with Crippen LogP contribution in [-0.4, -0.2) is 38.5 Å². The topological polar surface area (TPSA) is 95.0 Å². The number of halogens is 10. The fourth-order valence-electron chi connectivity index (χ4n) is 7.82. The van der Waals surface area contributed by atoms with Crippen molar-refractivity contribution in [1.82, 2.24) is 0 Å². The quantitative estimate of drug-likeness (QED) is 0.125. The number of hydrogen-bond donors (Lipinski definition) is 1. The summed E-state index contributed by atoms with van der Waals surface area (Å²) >= 11 is 17.7. The number of amides is 4. The van der Waals surface area contributed by atoms with Crippen LogP contribution in [0.2, 0.25) is 0 Å². The van der Waals surface area contributed by atoms with Crippen LogP contribution in [0.4, 0.5) is 42.1 Å². The molecule has 1 N–H and O–H groups in total. The normalized spacial score (nSPS) is 29.3. The summed E-state index contributed by atoms with van der Waals surface area (Å²) in [4.78, 5) is 52.8. The van der Waals surface area contributed by atoms with Crippen LogP contribution in [0.3, 0.4) is 0 Å². The first kappa shape index (κ1) is 35.5. The molecule has 2 aliphatic heterocycles. The number of anilines is 2. The number of benzene rings is 3. The molecule has 3 aromatic rings. The number of carbonyl (C=O) groups excluding carboxylic acids is 4. The molecular weight excluding hydrogens is 800 g/mol. The van der Waals surface area contributed by atoms with Gasteiger partial charge in [-0.1, -0.05) is 27.6 Å². The standard InChI is InChI=1S/C34H20BrCl2F7N2O5/c35-16-1-8-24(47)22(12-16)26-20-6-7-21-25(28(49)45(27(21)48)19-10-14(33(39,40)41)9-15(11-19)34(42,43)44)23(20)13-31(36)29(50)46(30(51)32(26,31)37)18-4-2-17(38)3-5-18/h1-6,8-12,21,23,25-26,47H,7,13H2. The molecule has 6 atom stereocenters. The Labute approximate surface area is 301 Å². The van der Waals surface area contributed by atoms with E-state index in [1.165, 1.54) is 24.3 Å². The maximum atomic E-state index is 14.4. The van der Waals surface area contributed by atoms with Crippen molar-refractivity contribution in [1.29, 1.82) is 0 Å². The van der Waals surface area contributed by atoms with Crippen molar-refractivity contribution in [3.63, 3.8) is 0 Å². The number of rotatable bonds is 3. The Kier molecular flexibility index (Phi) is 8.01. The number of carbonyl (C=O) groups is 4. The molecule has 0 spiro atoms. The van der Waals surface area contributed by atoms with Crippen molar-refractivity contribution < 1.29 is 55.0 Å². The van der Waals surface area contributed by atoms with Gasteiger partial charge < -0.3 is 5.11 Å². The molecule has 51 heavy (non-hydrogen) atoms. The first-order valence-corrected chi connectivity index (χ1v) is 16.6. The number of nitrogens with zero attached hydrogens (tertiary/aromatic N) is 2. The van der Waals surface area contributed by atoms with Crippen LogP contribution < -0.4 is 9.80 Å². The van der Waals surface area contributed by atoms with E-state index in [9.17, 15) is 55.0 Å². The number of fused-ring (bicyclic) bond motifs is 4. The second-order valence-corrected chi connectivity index (χ2v) is 14.9. The third-order valence-electron chi connectivity index (χ3n) is 10.0. The summed E-state index contributed by atoms with van der Waals surface area (Å²) in [5, 5.41) is 11.1. The maximum absolute atomic E-state index is 14.4. The number of phenolic OH excluding ortho intramolecular Hbond substituents is 1. The minimum absolute atomic E-state index is 0.0118. The molecule has 7 nitrogen and oxygen atoms in total. The minimum Gasteiger partial charge on any atom is -0.508 e. The minimum atomic E-state index is -5.27. The molecule has 266 valence electrons. The molecule has 7 rings (SSSR count). The van der Waals surface area contributed by atoms with Gasteiger partial charge in [-0.3, -0.25) is 19.2 Å². The fraction of sp³-hybridized carbons (Fsp3) is 0.294. The highest BCUT2D eigenvalue weighted by Gasteiger charge is 2.77. The average Bonchev–Trinajstić information content (AvgIpc) is 3.39. The van der Waals surface area contributed by atoms with Gasteiger partial charge in [-0.05, 0) is 79.4 Å². The monoisotopic (exact) mass is 818 g/mol. The molecule has 4 aliphatic rings. The molecule has 0 aromatic heterocycles. The number of phenols is 1. The zero-order valence-corrected chi connectivity index (χ0v) is 28.4. The molecule has 2 aliphatic carbocycles. The summed E-state index contributed by atoms with van der Waals surface area (Å²) in [5.74, 6) is -10.9. The Hall–Kier alpha value is -3.95. The van der Waals surface area contributed by atoms with Crippen LogP contribution in [0, 0.1) is 23.6 Å². The van der Waals surface area contributed by atoms with Crippen molar-refractivity contribution in [2.75, 3.05) is 9.80 Å². The summed E-state index contributed by atoms with van der Waals surface area (Å²) in [7, 11) is 0. The largest absolute Gasteiger partial charge is 0.508 e. The first-order chi connectivity index (χ1) is 23.7. The highest BCUT2D eigenvalue weighted by molar-refractivity contribution is 9.10. The van der Waals surface area contributed by atoms with Gasteiger partial charge in [-0.2, -0.15) is 26.3 Å². The Morgan fingerprint density at radius 1 is 0.765 bits per heavy atom. The molecule has 0 radical (unpaired) electrons. The van der Waals surface area contributed by atoms with Crippen LogP contribution in [0.15, 0.2) is 76.8 Å². The molecule has 4 amide bonds. The van der Waals surface area contributed by atoms with Gasteiger partial charge in [0.05, 0.1) is 34.3 Å². The lowest BCUT2D eigenvalue weighted by Crippen LogP contribution is -2.60. The lowest BCUT2D eigenvalue weighted by atomic mass is 9.56. The van der Waals surface area contributed by atoms with Gasteiger partial charge in [0.2, 0.25) is 11.8 Å². The highest BCUT2D eigenvalue weighted by atomic mass is 79.9. The van der Waals surface area contributed by atoms with Crippen LogP contribution in [0.5, 0.6) is 5.75 Å². The van der Waals surface area contributed by atoms with E-state index in [0.29, 0.717) is 9.37 Å². The van der Waals surface area contributed by atoms with Crippen molar-refractivity contribution in [3.8, 4) is 5.75 Å². The molecule has 2 saturated heterocycles. The highest BCUT2D eigenvalue weighted by Crippen LogP contribution is 2.66. The predicted molar refractivity (Wildman–Crippen MR) is 171 cm³/mol. The van der Waals surface area contributed by atoms with E-state index in [-0.39, 0.29) is 46.3 Å². The number of allylic oxidation sites excluding steroid dienone is 2.